The van der Waals surface area contributed by atoms with E-state index < -0.39 is 5.97 Å². The molecule has 0 bridgehead atoms. The van der Waals surface area contributed by atoms with Crippen molar-refractivity contribution in [1.29, 1.82) is 0 Å². The number of carbonyl (C=O) groups excluding carboxylic acids is 1. The van der Waals surface area contributed by atoms with Crippen molar-refractivity contribution in [3.05, 3.63) is 70.1 Å². The molecule has 9 heteroatoms. The lowest BCUT2D eigenvalue weighted by atomic mass is 10.1. The van der Waals surface area contributed by atoms with Crippen LogP contribution in [-0.2, 0) is 4.79 Å². The van der Waals surface area contributed by atoms with Crippen molar-refractivity contribution in [3.8, 4) is 11.5 Å². The van der Waals surface area contributed by atoms with Crippen LogP contribution in [0.2, 0.25) is 5.02 Å². The number of amides is 1. The fourth-order valence-corrected chi connectivity index (χ4v) is 4.10. The van der Waals surface area contributed by atoms with E-state index in [1.54, 1.807) is 43.5 Å². The summed E-state index contributed by atoms with van der Waals surface area (Å²) in [5.74, 6) is -0.390. The minimum Gasteiger partial charge on any atom is -0.490 e. The molecule has 0 aliphatic carbocycles. The quantitative estimate of drug-likeness (QED) is 0.417. The molecule has 1 fully saturated rings. The Morgan fingerprint density at radius 3 is 2.78 bits per heavy atom. The zero-order valence-electron chi connectivity index (χ0n) is 17.5. The molecule has 0 unspecified atom stereocenters. The van der Waals surface area contributed by atoms with E-state index in [2.05, 4.69) is 11.6 Å². The van der Waals surface area contributed by atoms with E-state index in [4.69, 9.17) is 26.2 Å². The van der Waals surface area contributed by atoms with Gasteiger partial charge in [-0.1, -0.05) is 30.3 Å². The molecule has 1 heterocycles. The van der Waals surface area contributed by atoms with Crippen LogP contribution in [0.3, 0.4) is 0 Å². The Bertz CT molecular complexity index is 1130. The summed E-state index contributed by atoms with van der Waals surface area (Å²) in [7, 11) is 1.61. The average molecular weight is 473 g/mol. The number of amidine groups is 1. The Balaban J connectivity index is 1.92. The first-order valence-electron chi connectivity index (χ1n) is 9.63. The van der Waals surface area contributed by atoms with Gasteiger partial charge in [0.05, 0.1) is 27.8 Å². The van der Waals surface area contributed by atoms with Gasteiger partial charge in [0.25, 0.3) is 5.91 Å². The molecule has 32 heavy (non-hydrogen) atoms. The second kappa shape index (κ2) is 10.4. The normalized spacial score (nSPS) is 16.0. The Morgan fingerprint density at radius 1 is 1.31 bits per heavy atom. The Kier molecular flexibility index (Phi) is 7.61. The number of aromatic carboxylic acids is 1. The molecule has 1 saturated heterocycles. The van der Waals surface area contributed by atoms with Gasteiger partial charge in [0.2, 0.25) is 0 Å². The van der Waals surface area contributed by atoms with Gasteiger partial charge < -0.3 is 14.6 Å². The van der Waals surface area contributed by atoms with Crippen LogP contribution in [0, 0.1) is 0 Å². The Labute approximate surface area is 195 Å². The third-order valence-electron chi connectivity index (χ3n) is 4.30. The maximum absolute atomic E-state index is 12.8. The summed E-state index contributed by atoms with van der Waals surface area (Å²) >= 11 is 7.58. The summed E-state index contributed by atoms with van der Waals surface area (Å²) < 4.78 is 11.3. The first-order valence-corrected chi connectivity index (χ1v) is 10.8. The van der Waals surface area contributed by atoms with Crippen LogP contribution in [-0.4, -0.2) is 47.3 Å². The second-order valence-electron chi connectivity index (χ2n) is 6.59. The van der Waals surface area contributed by atoms with Crippen molar-refractivity contribution in [2.75, 3.05) is 20.3 Å². The molecular formula is C23H21ClN2O5S. The van der Waals surface area contributed by atoms with Crippen LogP contribution in [0.4, 0.5) is 5.69 Å². The molecule has 0 spiro atoms. The Hall–Kier alpha value is -3.23. The number of hydrogen-bond donors (Lipinski definition) is 1. The fourth-order valence-electron chi connectivity index (χ4n) is 2.84. The lowest BCUT2D eigenvalue weighted by Crippen LogP contribution is -2.23. The van der Waals surface area contributed by atoms with Gasteiger partial charge >= 0.3 is 5.97 Å². The predicted molar refractivity (Wildman–Crippen MR) is 127 cm³/mol. The second-order valence-corrected chi connectivity index (χ2v) is 8.00. The highest BCUT2D eigenvalue weighted by molar-refractivity contribution is 8.18. The maximum Gasteiger partial charge on any atom is 0.335 e. The number of carboxylic acids is 1. The first kappa shape index (κ1) is 23.4. The molecule has 7 nitrogen and oxygen atoms in total. The SMILES string of the molecule is C=CCOc1c(Cl)cc(/C=C2\SC(=Nc3cccc(C(=O)O)c3)N(C)C2=O)cc1OCC. The summed E-state index contributed by atoms with van der Waals surface area (Å²) in [6.07, 6.45) is 3.31. The molecule has 2 aromatic carbocycles. The first-order chi connectivity index (χ1) is 15.3. The number of aliphatic imine (C=N–C) groups is 1. The largest absolute Gasteiger partial charge is 0.490 e. The van der Waals surface area contributed by atoms with Gasteiger partial charge in [-0.2, -0.15) is 0 Å². The molecule has 3 rings (SSSR count). The van der Waals surface area contributed by atoms with E-state index in [0.717, 1.165) is 0 Å². The summed E-state index contributed by atoms with van der Waals surface area (Å²) in [6, 6.07) is 9.65. The molecule has 0 radical (unpaired) electrons. The Morgan fingerprint density at radius 2 is 2.09 bits per heavy atom. The molecule has 2 aromatic rings. The monoisotopic (exact) mass is 472 g/mol. The number of benzene rings is 2. The number of rotatable bonds is 8. The van der Waals surface area contributed by atoms with E-state index in [9.17, 15) is 9.59 Å². The van der Waals surface area contributed by atoms with Crippen LogP contribution in [0.5, 0.6) is 11.5 Å². The van der Waals surface area contributed by atoms with Crippen LogP contribution in [0.15, 0.2) is 59.0 Å². The molecule has 0 atom stereocenters. The van der Waals surface area contributed by atoms with E-state index in [-0.39, 0.29) is 18.1 Å². The van der Waals surface area contributed by atoms with Crippen molar-refractivity contribution in [2.24, 2.45) is 4.99 Å². The van der Waals surface area contributed by atoms with Gasteiger partial charge in [0, 0.05) is 7.05 Å². The highest BCUT2D eigenvalue weighted by Crippen LogP contribution is 2.39. The molecule has 0 saturated carbocycles. The number of ether oxygens (including phenoxy) is 2. The maximum atomic E-state index is 12.8. The topological polar surface area (TPSA) is 88.4 Å². The molecule has 1 aliphatic rings. The fraction of sp³-hybridized carbons (Fsp3) is 0.174. The van der Waals surface area contributed by atoms with Crippen molar-refractivity contribution in [3.63, 3.8) is 0 Å². The van der Waals surface area contributed by atoms with Gasteiger partial charge in [-0.25, -0.2) is 9.79 Å². The number of likely N-dealkylation sites (N-methyl/N-ethyl adjacent to an activating group) is 1. The van der Waals surface area contributed by atoms with Crippen molar-refractivity contribution in [1.82, 2.24) is 4.90 Å². The van der Waals surface area contributed by atoms with Crippen LogP contribution >= 0.6 is 23.4 Å². The number of hydrogen-bond acceptors (Lipinski definition) is 6. The van der Waals surface area contributed by atoms with Gasteiger partial charge in [0.1, 0.15) is 6.61 Å². The van der Waals surface area contributed by atoms with Crippen LogP contribution in [0.25, 0.3) is 6.08 Å². The smallest absolute Gasteiger partial charge is 0.335 e. The highest BCUT2D eigenvalue weighted by atomic mass is 35.5. The van der Waals surface area contributed by atoms with E-state index in [1.165, 1.54) is 28.8 Å². The van der Waals surface area contributed by atoms with Gasteiger partial charge in [-0.15, -0.1) is 0 Å². The van der Waals surface area contributed by atoms with Gasteiger partial charge in [-0.3, -0.25) is 9.69 Å². The molecular weight excluding hydrogens is 452 g/mol. The lowest BCUT2D eigenvalue weighted by molar-refractivity contribution is -0.121. The van der Waals surface area contributed by atoms with Gasteiger partial charge in [0.15, 0.2) is 16.7 Å². The standard InChI is InChI=1S/C23H21ClN2O5S/c1-4-9-31-20-17(24)10-14(11-18(20)30-5-2)12-19-21(27)26(3)23(32-19)25-16-8-6-7-15(13-16)22(28)29/h4,6-8,10-13H,1,5,9H2,2-3H3,(H,28,29)/b19-12-,25-23?. The zero-order valence-corrected chi connectivity index (χ0v) is 19.1. The van der Waals surface area contributed by atoms with Crippen molar-refractivity contribution < 1.29 is 24.2 Å². The zero-order chi connectivity index (χ0) is 23.3. The molecule has 166 valence electrons. The van der Waals surface area contributed by atoms with Gasteiger partial charge in [-0.05, 0) is 60.7 Å². The number of halogens is 1. The minimum absolute atomic E-state index is 0.122. The third-order valence-corrected chi connectivity index (χ3v) is 5.64. The van der Waals surface area contributed by atoms with Crippen LogP contribution in [0.1, 0.15) is 22.8 Å². The van der Waals surface area contributed by atoms with Crippen molar-refractivity contribution >= 4 is 52.2 Å². The number of carbonyl (C=O) groups is 2. The highest BCUT2D eigenvalue weighted by Gasteiger charge is 2.30. The van der Waals surface area contributed by atoms with E-state index in [0.29, 0.717) is 44.5 Å². The summed E-state index contributed by atoms with van der Waals surface area (Å²) in [5.41, 5.74) is 1.23. The number of carboxylic acid groups (broad SMARTS) is 1. The predicted octanol–water partition coefficient (Wildman–Crippen LogP) is 5.24. The third kappa shape index (κ3) is 5.33. The molecule has 1 amide bonds. The number of nitrogens with zero attached hydrogens (tertiary/aromatic N) is 2. The number of thioether (sulfide) groups is 1. The summed E-state index contributed by atoms with van der Waals surface area (Å²) in [6.45, 7) is 6.18. The average Bonchev–Trinajstić information content (AvgIpc) is 3.01. The lowest BCUT2D eigenvalue weighted by Gasteiger charge is -2.13. The molecule has 1 aliphatic heterocycles. The summed E-state index contributed by atoms with van der Waals surface area (Å²) in [5, 5.41) is 9.95. The molecule has 1 N–H and O–H groups in total. The van der Waals surface area contributed by atoms with E-state index in [1.807, 2.05) is 6.92 Å². The minimum atomic E-state index is -1.04. The molecule has 0 aromatic heterocycles. The van der Waals surface area contributed by atoms with Crippen LogP contribution < -0.4 is 9.47 Å². The van der Waals surface area contributed by atoms with Crippen molar-refractivity contribution in [2.45, 2.75) is 6.92 Å². The van der Waals surface area contributed by atoms with E-state index >= 15 is 0 Å². The summed E-state index contributed by atoms with van der Waals surface area (Å²) in [4.78, 5) is 30.2.